The van der Waals surface area contributed by atoms with Crippen LogP contribution >= 0.6 is 15.9 Å². The fourth-order valence-electron chi connectivity index (χ4n) is 2.24. The second kappa shape index (κ2) is 5.50. The van der Waals surface area contributed by atoms with Crippen molar-refractivity contribution in [3.8, 4) is 0 Å². The summed E-state index contributed by atoms with van der Waals surface area (Å²) in [6.45, 7) is 10.8. The number of hydrogen-bond acceptors (Lipinski definition) is 3. The Morgan fingerprint density at radius 3 is 2.47 bits per heavy atom. The summed E-state index contributed by atoms with van der Waals surface area (Å²) in [5.41, 5.74) is 2.41. The Bertz CT molecular complexity index is 380. The van der Waals surface area contributed by atoms with Crippen molar-refractivity contribution in [3.05, 3.63) is 15.9 Å². The molecular formula is C12H21BrN4. The van der Waals surface area contributed by atoms with Gasteiger partial charge in [0.05, 0.1) is 15.9 Å². The third-order valence-electron chi connectivity index (χ3n) is 3.42. The van der Waals surface area contributed by atoms with Crippen molar-refractivity contribution in [3.63, 3.8) is 0 Å². The van der Waals surface area contributed by atoms with Crippen molar-refractivity contribution in [2.45, 2.75) is 26.9 Å². The van der Waals surface area contributed by atoms with E-state index >= 15 is 0 Å². The third-order valence-corrected chi connectivity index (χ3v) is 4.45. The first-order valence-electron chi connectivity index (χ1n) is 6.24. The van der Waals surface area contributed by atoms with E-state index in [0.29, 0.717) is 0 Å². The molecule has 0 amide bonds. The molecule has 1 aromatic heterocycles. The molecule has 1 fully saturated rings. The number of piperazine rings is 1. The van der Waals surface area contributed by atoms with Gasteiger partial charge >= 0.3 is 0 Å². The lowest BCUT2D eigenvalue weighted by Gasteiger charge is -2.32. The minimum Gasteiger partial charge on any atom is -0.304 e. The fraction of sp³-hybridized carbons (Fsp3) is 0.750. The molecule has 4 nitrogen and oxygen atoms in total. The van der Waals surface area contributed by atoms with Crippen molar-refractivity contribution in [2.75, 3.05) is 33.2 Å². The average molecular weight is 301 g/mol. The highest BCUT2D eigenvalue weighted by atomic mass is 79.9. The monoisotopic (exact) mass is 300 g/mol. The number of halogens is 1. The van der Waals surface area contributed by atoms with Gasteiger partial charge in [0.15, 0.2) is 0 Å². The highest BCUT2D eigenvalue weighted by molar-refractivity contribution is 9.10. The first-order chi connectivity index (χ1) is 8.11. The largest absolute Gasteiger partial charge is 0.304 e. The minimum atomic E-state index is 0.940. The predicted molar refractivity (Wildman–Crippen MR) is 73.1 cm³/mol. The van der Waals surface area contributed by atoms with E-state index in [2.05, 4.69) is 56.4 Å². The van der Waals surface area contributed by atoms with E-state index in [4.69, 9.17) is 0 Å². The lowest BCUT2D eigenvalue weighted by molar-refractivity contribution is 0.145. The van der Waals surface area contributed by atoms with Crippen LogP contribution in [0.1, 0.15) is 18.3 Å². The van der Waals surface area contributed by atoms with Crippen molar-refractivity contribution >= 4 is 15.9 Å². The van der Waals surface area contributed by atoms with Gasteiger partial charge in [0.1, 0.15) is 0 Å². The van der Waals surface area contributed by atoms with E-state index in [-0.39, 0.29) is 0 Å². The molecule has 1 aliphatic rings. The van der Waals surface area contributed by atoms with Crippen LogP contribution in [0.2, 0.25) is 0 Å². The van der Waals surface area contributed by atoms with Crippen molar-refractivity contribution in [1.82, 2.24) is 19.6 Å². The number of aryl methyl sites for hydroxylation is 2. The number of hydrogen-bond donors (Lipinski definition) is 0. The summed E-state index contributed by atoms with van der Waals surface area (Å²) in [4.78, 5) is 4.89. The van der Waals surface area contributed by atoms with Crippen LogP contribution in [0.15, 0.2) is 4.47 Å². The first kappa shape index (κ1) is 13.1. The molecule has 1 aliphatic heterocycles. The number of likely N-dealkylation sites (N-methyl/N-ethyl adjacent to an activating group) is 1. The standard InChI is InChI=1S/C12H21BrN4/c1-4-17-11(12(13)10(2)14-17)9-16-7-5-15(3)6-8-16/h4-9H2,1-3H3. The summed E-state index contributed by atoms with van der Waals surface area (Å²) in [6.07, 6.45) is 0. The van der Waals surface area contributed by atoms with Gasteiger partial charge < -0.3 is 4.90 Å². The highest BCUT2D eigenvalue weighted by Gasteiger charge is 2.18. The van der Waals surface area contributed by atoms with Gasteiger partial charge in [-0.05, 0) is 36.8 Å². The van der Waals surface area contributed by atoms with Crippen LogP contribution in [0.25, 0.3) is 0 Å². The molecule has 0 spiro atoms. The summed E-state index contributed by atoms with van der Waals surface area (Å²) < 4.78 is 3.29. The normalized spacial score (nSPS) is 18.8. The quantitative estimate of drug-likeness (QED) is 0.849. The number of nitrogens with zero attached hydrogens (tertiary/aromatic N) is 4. The Kier molecular flexibility index (Phi) is 4.22. The van der Waals surface area contributed by atoms with Crippen LogP contribution in [0.5, 0.6) is 0 Å². The number of rotatable bonds is 3. The van der Waals surface area contributed by atoms with E-state index in [1.807, 2.05) is 0 Å². The van der Waals surface area contributed by atoms with Gasteiger partial charge in [0, 0.05) is 39.3 Å². The van der Waals surface area contributed by atoms with Crippen LogP contribution in [0.3, 0.4) is 0 Å². The van der Waals surface area contributed by atoms with Gasteiger partial charge in [-0.2, -0.15) is 5.10 Å². The lowest BCUT2D eigenvalue weighted by Crippen LogP contribution is -2.44. The third kappa shape index (κ3) is 2.89. The SMILES string of the molecule is CCn1nc(C)c(Br)c1CN1CCN(C)CC1. The summed E-state index contributed by atoms with van der Waals surface area (Å²) in [6, 6.07) is 0. The van der Waals surface area contributed by atoms with E-state index in [1.165, 1.54) is 10.2 Å². The van der Waals surface area contributed by atoms with Gasteiger partial charge in [-0.1, -0.05) is 0 Å². The van der Waals surface area contributed by atoms with E-state index in [1.54, 1.807) is 0 Å². The summed E-state index contributed by atoms with van der Waals surface area (Å²) >= 11 is 3.66. The lowest BCUT2D eigenvalue weighted by atomic mass is 10.3. The molecule has 96 valence electrons. The van der Waals surface area contributed by atoms with Crippen LogP contribution in [-0.4, -0.2) is 52.8 Å². The van der Waals surface area contributed by atoms with Gasteiger partial charge in [0.25, 0.3) is 0 Å². The molecule has 1 aromatic rings. The second-order valence-electron chi connectivity index (χ2n) is 4.74. The van der Waals surface area contributed by atoms with E-state index in [0.717, 1.165) is 45.0 Å². The van der Waals surface area contributed by atoms with Crippen molar-refractivity contribution < 1.29 is 0 Å². The molecule has 17 heavy (non-hydrogen) atoms. The molecule has 0 aromatic carbocycles. The molecule has 1 saturated heterocycles. The maximum Gasteiger partial charge on any atom is 0.0739 e. The van der Waals surface area contributed by atoms with Crippen molar-refractivity contribution in [1.29, 1.82) is 0 Å². The second-order valence-corrected chi connectivity index (χ2v) is 5.53. The highest BCUT2D eigenvalue weighted by Crippen LogP contribution is 2.22. The Labute approximate surface area is 112 Å². The molecule has 0 aliphatic carbocycles. The molecule has 0 N–H and O–H groups in total. The Morgan fingerprint density at radius 1 is 1.24 bits per heavy atom. The molecule has 0 bridgehead atoms. The molecule has 0 unspecified atom stereocenters. The Hall–Kier alpha value is -0.390. The number of aromatic nitrogens is 2. The maximum absolute atomic E-state index is 4.54. The van der Waals surface area contributed by atoms with Gasteiger partial charge in [-0.25, -0.2) is 0 Å². The molecule has 0 saturated carbocycles. The van der Waals surface area contributed by atoms with Gasteiger partial charge in [0.2, 0.25) is 0 Å². The zero-order valence-corrected chi connectivity index (χ0v) is 12.5. The molecule has 2 rings (SSSR count). The smallest absolute Gasteiger partial charge is 0.0739 e. The van der Waals surface area contributed by atoms with E-state index in [9.17, 15) is 0 Å². The Morgan fingerprint density at radius 2 is 1.88 bits per heavy atom. The molecule has 5 heteroatoms. The topological polar surface area (TPSA) is 24.3 Å². The summed E-state index contributed by atoms with van der Waals surface area (Å²) in [7, 11) is 2.19. The van der Waals surface area contributed by atoms with Gasteiger partial charge in [-0.15, -0.1) is 0 Å². The maximum atomic E-state index is 4.54. The van der Waals surface area contributed by atoms with E-state index < -0.39 is 0 Å². The van der Waals surface area contributed by atoms with Gasteiger partial charge in [-0.3, -0.25) is 9.58 Å². The van der Waals surface area contributed by atoms with Crippen LogP contribution < -0.4 is 0 Å². The zero-order valence-electron chi connectivity index (χ0n) is 10.9. The fourth-order valence-corrected chi connectivity index (χ4v) is 2.65. The molecule has 2 heterocycles. The zero-order chi connectivity index (χ0) is 12.4. The molecular weight excluding hydrogens is 280 g/mol. The Balaban J connectivity index is 2.07. The van der Waals surface area contributed by atoms with Crippen LogP contribution in [0.4, 0.5) is 0 Å². The minimum absolute atomic E-state index is 0.940. The summed E-state index contributed by atoms with van der Waals surface area (Å²) in [5.74, 6) is 0. The van der Waals surface area contributed by atoms with Crippen molar-refractivity contribution in [2.24, 2.45) is 0 Å². The van der Waals surface area contributed by atoms with Crippen LogP contribution in [-0.2, 0) is 13.1 Å². The van der Waals surface area contributed by atoms with Crippen LogP contribution in [0, 0.1) is 6.92 Å². The molecule has 0 radical (unpaired) electrons. The predicted octanol–water partition coefficient (Wildman–Crippen LogP) is 1.72. The average Bonchev–Trinajstić information content (AvgIpc) is 2.59. The molecule has 0 atom stereocenters. The first-order valence-corrected chi connectivity index (χ1v) is 7.03. The summed E-state index contributed by atoms with van der Waals surface area (Å²) in [5, 5.41) is 4.54.